The second-order valence-corrected chi connectivity index (χ2v) is 5.22. The van der Waals surface area contributed by atoms with Gasteiger partial charge in [0.05, 0.1) is 0 Å². The second kappa shape index (κ2) is 6.16. The number of anilines is 2. The third-order valence-corrected chi connectivity index (χ3v) is 3.82. The van der Waals surface area contributed by atoms with Crippen LogP contribution in [0, 0.1) is 0 Å². The van der Waals surface area contributed by atoms with Crippen LogP contribution in [0.25, 0.3) is 0 Å². The summed E-state index contributed by atoms with van der Waals surface area (Å²) in [6, 6.07) is 0.500. The Kier molecular flexibility index (Phi) is 4.55. The number of hydrogen-bond acceptors (Lipinski definition) is 6. The first-order valence-electron chi connectivity index (χ1n) is 6.83. The van der Waals surface area contributed by atoms with Gasteiger partial charge in [-0.2, -0.15) is 0 Å². The van der Waals surface area contributed by atoms with Gasteiger partial charge in [0.25, 0.3) is 0 Å². The minimum absolute atomic E-state index is 0.500. The quantitative estimate of drug-likeness (QED) is 0.814. The molecule has 1 aromatic heterocycles. The first-order valence-corrected chi connectivity index (χ1v) is 6.83. The maximum absolute atomic E-state index is 5.88. The smallest absolute Gasteiger partial charge is 0.134 e. The van der Waals surface area contributed by atoms with E-state index in [-0.39, 0.29) is 0 Å². The highest BCUT2D eigenvalue weighted by molar-refractivity contribution is 5.54. The number of hydrogen-bond donors (Lipinski definition) is 2. The van der Waals surface area contributed by atoms with E-state index in [1.807, 2.05) is 0 Å². The summed E-state index contributed by atoms with van der Waals surface area (Å²) >= 11 is 0. The zero-order chi connectivity index (χ0) is 13.8. The molecular formula is C13H24N6. The van der Waals surface area contributed by atoms with Crippen molar-refractivity contribution in [3.8, 4) is 0 Å². The lowest BCUT2D eigenvalue weighted by Gasteiger charge is -2.37. The molecular weight excluding hydrogens is 240 g/mol. The Balaban J connectivity index is 2.00. The van der Waals surface area contributed by atoms with Crippen molar-refractivity contribution >= 4 is 11.6 Å². The number of nitrogens with two attached hydrogens (primary N) is 1. The number of rotatable bonds is 4. The summed E-state index contributed by atoms with van der Waals surface area (Å²) in [5.74, 6) is 1.45. The molecule has 6 nitrogen and oxygen atoms in total. The lowest BCUT2D eigenvalue weighted by molar-refractivity contribution is 0.122. The van der Waals surface area contributed by atoms with Crippen molar-refractivity contribution in [2.45, 2.75) is 19.4 Å². The summed E-state index contributed by atoms with van der Waals surface area (Å²) in [7, 11) is 4.34. The monoisotopic (exact) mass is 264 g/mol. The zero-order valence-electron chi connectivity index (χ0n) is 12.1. The average Bonchev–Trinajstić information content (AvgIpc) is 2.40. The lowest BCUT2D eigenvalue weighted by Crippen LogP contribution is -2.52. The topological polar surface area (TPSA) is 70.3 Å². The lowest BCUT2D eigenvalue weighted by atomic mass is 10.1. The maximum Gasteiger partial charge on any atom is 0.134 e. The molecule has 0 aliphatic carbocycles. The van der Waals surface area contributed by atoms with Crippen LogP contribution >= 0.6 is 0 Å². The molecule has 2 rings (SSSR count). The molecule has 1 aliphatic rings. The fraction of sp³-hybridized carbons (Fsp3) is 0.692. The highest BCUT2D eigenvalue weighted by atomic mass is 15.3. The van der Waals surface area contributed by atoms with Crippen molar-refractivity contribution in [1.82, 2.24) is 19.8 Å². The summed E-state index contributed by atoms with van der Waals surface area (Å²) in [4.78, 5) is 13.1. The van der Waals surface area contributed by atoms with Crippen molar-refractivity contribution in [3.05, 3.63) is 11.9 Å². The fourth-order valence-corrected chi connectivity index (χ4v) is 2.46. The van der Waals surface area contributed by atoms with Gasteiger partial charge in [0.1, 0.15) is 18.0 Å². The van der Waals surface area contributed by atoms with E-state index in [1.54, 1.807) is 0 Å². The van der Waals surface area contributed by atoms with Gasteiger partial charge in [0.15, 0.2) is 0 Å². The summed E-state index contributed by atoms with van der Waals surface area (Å²) in [5, 5.41) is 3.43. The SMILES string of the molecule is CCc1c(N)ncnc1NCC1CN(C)CCN1C. The van der Waals surface area contributed by atoms with Crippen LogP contribution in [0.2, 0.25) is 0 Å². The number of aromatic nitrogens is 2. The molecule has 3 N–H and O–H groups in total. The van der Waals surface area contributed by atoms with Gasteiger partial charge >= 0.3 is 0 Å². The van der Waals surface area contributed by atoms with Gasteiger partial charge in [-0.15, -0.1) is 0 Å². The van der Waals surface area contributed by atoms with Gasteiger partial charge in [-0.3, -0.25) is 4.90 Å². The van der Waals surface area contributed by atoms with E-state index in [1.165, 1.54) is 6.33 Å². The first kappa shape index (κ1) is 14.0. The number of piperazine rings is 1. The Morgan fingerprint density at radius 3 is 2.89 bits per heavy atom. The number of likely N-dealkylation sites (N-methyl/N-ethyl adjacent to an activating group) is 2. The molecule has 1 unspecified atom stereocenters. The van der Waals surface area contributed by atoms with Crippen molar-refractivity contribution in [2.24, 2.45) is 0 Å². The van der Waals surface area contributed by atoms with Gasteiger partial charge in [-0.1, -0.05) is 6.92 Å². The summed E-state index contributed by atoms with van der Waals surface area (Å²) in [6.07, 6.45) is 2.36. The van der Waals surface area contributed by atoms with E-state index in [9.17, 15) is 0 Å². The first-order chi connectivity index (χ1) is 9.11. The second-order valence-electron chi connectivity index (χ2n) is 5.22. The van der Waals surface area contributed by atoms with Crippen LogP contribution in [0.4, 0.5) is 11.6 Å². The largest absolute Gasteiger partial charge is 0.383 e. The van der Waals surface area contributed by atoms with E-state index >= 15 is 0 Å². The maximum atomic E-state index is 5.88. The Hall–Kier alpha value is -1.40. The molecule has 6 heteroatoms. The van der Waals surface area contributed by atoms with Crippen LogP contribution in [0.5, 0.6) is 0 Å². The molecule has 106 valence electrons. The van der Waals surface area contributed by atoms with E-state index in [4.69, 9.17) is 5.73 Å². The van der Waals surface area contributed by atoms with Crippen LogP contribution in [0.15, 0.2) is 6.33 Å². The van der Waals surface area contributed by atoms with Gasteiger partial charge in [0.2, 0.25) is 0 Å². The van der Waals surface area contributed by atoms with Crippen LogP contribution in [-0.2, 0) is 6.42 Å². The van der Waals surface area contributed by atoms with Crippen molar-refractivity contribution in [2.75, 3.05) is 51.3 Å². The molecule has 0 spiro atoms. The highest BCUT2D eigenvalue weighted by Crippen LogP contribution is 2.18. The highest BCUT2D eigenvalue weighted by Gasteiger charge is 2.22. The number of nitrogens with one attached hydrogen (secondary N) is 1. The van der Waals surface area contributed by atoms with Gasteiger partial charge in [-0.05, 0) is 20.5 Å². The molecule has 0 radical (unpaired) electrons. The predicted octanol–water partition coefficient (Wildman–Crippen LogP) is 0.279. The van der Waals surface area contributed by atoms with E-state index < -0.39 is 0 Å². The third kappa shape index (κ3) is 3.33. The van der Waals surface area contributed by atoms with Crippen LogP contribution in [0.1, 0.15) is 12.5 Å². The molecule has 0 amide bonds. The van der Waals surface area contributed by atoms with Crippen LogP contribution in [0.3, 0.4) is 0 Å². The predicted molar refractivity (Wildman–Crippen MR) is 78.2 cm³/mol. The molecule has 1 aliphatic heterocycles. The van der Waals surface area contributed by atoms with Crippen molar-refractivity contribution < 1.29 is 0 Å². The van der Waals surface area contributed by atoms with Gasteiger partial charge in [0, 0.05) is 37.8 Å². The standard InChI is InChI=1S/C13H24N6/c1-4-11-12(14)16-9-17-13(11)15-7-10-8-18(2)5-6-19(10)3/h9-10H,4-8H2,1-3H3,(H3,14,15,16,17). The van der Waals surface area contributed by atoms with E-state index in [0.717, 1.165) is 44.0 Å². The molecule has 1 fully saturated rings. The van der Waals surface area contributed by atoms with Crippen LogP contribution in [-0.4, -0.2) is 66.1 Å². The molecule has 1 aromatic rings. The zero-order valence-corrected chi connectivity index (χ0v) is 12.1. The van der Waals surface area contributed by atoms with E-state index in [2.05, 4.69) is 46.1 Å². The van der Waals surface area contributed by atoms with Gasteiger partial charge in [-0.25, -0.2) is 9.97 Å². The van der Waals surface area contributed by atoms with E-state index in [0.29, 0.717) is 11.9 Å². The molecule has 19 heavy (non-hydrogen) atoms. The Labute approximate surface area is 115 Å². The summed E-state index contributed by atoms with van der Waals surface area (Å²) in [5.41, 5.74) is 6.89. The Bertz CT molecular complexity index is 422. The molecule has 0 bridgehead atoms. The molecule has 0 aromatic carbocycles. The van der Waals surface area contributed by atoms with Crippen molar-refractivity contribution in [3.63, 3.8) is 0 Å². The fourth-order valence-electron chi connectivity index (χ4n) is 2.46. The molecule has 0 saturated carbocycles. The summed E-state index contributed by atoms with van der Waals surface area (Å²) in [6.45, 7) is 6.26. The molecule has 1 atom stereocenters. The van der Waals surface area contributed by atoms with Crippen molar-refractivity contribution in [1.29, 1.82) is 0 Å². The Morgan fingerprint density at radius 1 is 1.37 bits per heavy atom. The molecule has 1 saturated heterocycles. The summed E-state index contributed by atoms with van der Waals surface area (Å²) < 4.78 is 0. The third-order valence-electron chi connectivity index (χ3n) is 3.82. The molecule has 2 heterocycles. The average molecular weight is 264 g/mol. The number of nitrogens with zero attached hydrogens (tertiary/aromatic N) is 4. The minimum atomic E-state index is 0.500. The minimum Gasteiger partial charge on any atom is -0.383 e. The van der Waals surface area contributed by atoms with Crippen LogP contribution < -0.4 is 11.1 Å². The number of nitrogen functional groups attached to an aromatic ring is 1. The Morgan fingerprint density at radius 2 is 2.16 bits per heavy atom. The normalized spacial score (nSPS) is 21.5. The van der Waals surface area contributed by atoms with Gasteiger partial charge < -0.3 is 16.0 Å².